The Balaban J connectivity index is 1.16. The summed E-state index contributed by atoms with van der Waals surface area (Å²) < 4.78 is 19.3. The average Bonchev–Trinajstić information content (AvgIpc) is 3.61. The van der Waals surface area contributed by atoms with Crippen LogP contribution in [0.5, 0.6) is 17.2 Å². The summed E-state index contributed by atoms with van der Waals surface area (Å²) in [6, 6.07) is 20.2. The molecule has 1 unspecified atom stereocenters. The lowest BCUT2D eigenvalue weighted by Gasteiger charge is -2.18. The fraction of sp³-hybridized carbons (Fsp3) is 0.333. The molecule has 1 saturated heterocycles. The Labute approximate surface area is 216 Å². The Morgan fingerprint density at radius 1 is 1.00 bits per heavy atom. The van der Waals surface area contributed by atoms with Crippen molar-refractivity contribution in [3.63, 3.8) is 0 Å². The van der Waals surface area contributed by atoms with Crippen molar-refractivity contribution >= 4 is 22.6 Å². The molecule has 0 radical (unpaired) electrons. The van der Waals surface area contributed by atoms with Crippen molar-refractivity contribution in [1.82, 2.24) is 9.55 Å². The number of amides is 1. The van der Waals surface area contributed by atoms with E-state index in [4.69, 9.17) is 19.2 Å². The second-order valence-electron chi connectivity index (χ2n) is 9.88. The number of fused-ring (bicyclic) bond motifs is 2. The highest BCUT2D eigenvalue weighted by molar-refractivity contribution is 5.97. The first-order valence-corrected chi connectivity index (χ1v) is 12.9. The van der Waals surface area contributed by atoms with Crippen molar-refractivity contribution in [2.75, 3.05) is 24.8 Å². The predicted octanol–water partition coefficient (Wildman–Crippen LogP) is 5.76. The van der Waals surface area contributed by atoms with Crippen LogP contribution in [0.2, 0.25) is 0 Å². The van der Waals surface area contributed by atoms with Gasteiger partial charge in [0.1, 0.15) is 11.6 Å². The molecule has 0 spiro atoms. The lowest BCUT2D eigenvalue weighted by Crippen LogP contribution is -2.24. The van der Waals surface area contributed by atoms with E-state index in [1.165, 1.54) is 11.1 Å². The summed E-state index contributed by atoms with van der Waals surface area (Å²) in [6.45, 7) is 6.50. The van der Waals surface area contributed by atoms with Gasteiger partial charge in [0.05, 0.1) is 17.6 Å². The van der Waals surface area contributed by atoms with Crippen molar-refractivity contribution < 1.29 is 19.0 Å². The van der Waals surface area contributed by atoms with E-state index >= 15 is 0 Å². The minimum Gasteiger partial charge on any atom is -0.493 e. The summed E-state index contributed by atoms with van der Waals surface area (Å²) in [5.74, 6) is 3.46. The number of rotatable bonds is 8. The van der Waals surface area contributed by atoms with E-state index in [-0.39, 0.29) is 18.6 Å². The third-order valence-electron chi connectivity index (χ3n) is 7.21. The van der Waals surface area contributed by atoms with Crippen LogP contribution in [0.1, 0.15) is 42.1 Å². The van der Waals surface area contributed by atoms with Gasteiger partial charge in [0.25, 0.3) is 0 Å². The molecule has 1 amide bonds. The van der Waals surface area contributed by atoms with Crippen molar-refractivity contribution in [1.29, 1.82) is 0 Å². The van der Waals surface area contributed by atoms with Gasteiger partial charge in [-0.05, 0) is 62.6 Å². The summed E-state index contributed by atoms with van der Waals surface area (Å²) in [6.07, 6.45) is 2.34. The van der Waals surface area contributed by atoms with Gasteiger partial charge in [0, 0.05) is 37.2 Å². The van der Waals surface area contributed by atoms with Crippen LogP contribution < -0.4 is 19.1 Å². The van der Waals surface area contributed by atoms with Crippen LogP contribution >= 0.6 is 0 Å². The summed E-state index contributed by atoms with van der Waals surface area (Å²) in [7, 11) is 0. The number of para-hydroxylation sites is 2. The van der Waals surface area contributed by atoms with E-state index in [1.54, 1.807) is 0 Å². The number of hydrogen-bond acceptors (Lipinski definition) is 5. The number of imidazole rings is 1. The maximum Gasteiger partial charge on any atom is 0.231 e. The first kappa shape index (κ1) is 23.4. The van der Waals surface area contributed by atoms with E-state index in [2.05, 4.69) is 42.7 Å². The van der Waals surface area contributed by atoms with E-state index < -0.39 is 0 Å². The zero-order valence-electron chi connectivity index (χ0n) is 21.3. The molecule has 3 heterocycles. The zero-order chi connectivity index (χ0) is 25.4. The molecule has 4 aromatic rings. The molecule has 3 aromatic carbocycles. The summed E-state index contributed by atoms with van der Waals surface area (Å²) in [5, 5.41) is 0. The van der Waals surface area contributed by atoms with Crippen molar-refractivity contribution in [3.8, 4) is 17.2 Å². The van der Waals surface area contributed by atoms with Crippen LogP contribution in [0.3, 0.4) is 0 Å². The molecule has 0 saturated carbocycles. The van der Waals surface area contributed by atoms with Crippen LogP contribution in [0, 0.1) is 13.8 Å². The molecule has 0 aliphatic carbocycles. The molecule has 7 heteroatoms. The number of carbonyl (C=O) groups excluding carboxylic acids is 1. The molecular weight excluding hydrogens is 466 g/mol. The predicted molar refractivity (Wildman–Crippen MR) is 143 cm³/mol. The Morgan fingerprint density at radius 3 is 2.76 bits per heavy atom. The van der Waals surface area contributed by atoms with Crippen molar-refractivity contribution in [3.05, 3.63) is 77.6 Å². The second kappa shape index (κ2) is 9.81. The first-order valence-electron chi connectivity index (χ1n) is 12.9. The van der Waals surface area contributed by atoms with Gasteiger partial charge >= 0.3 is 0 Å². The number of ether oxygens (including phenoxy) is 3. The van der Waals surface area contributed by atoms with Crippen molar-refractivity contribution in [2.45, 2.75) is 45.6 Å². The summed E-state index contributed by atoms with van der Waals surface area (Å²) in [4.78, 5) is 19.9. The normalized spacial score (nSPS) is 16.6. The smallest absolute Gasteiger partial charge is 0.231 e. The van der Waals surface area contributed by atoms with Gasteiger partial charge in [-0.1, -0.05) is 29.8 Å². The summed E-state index contributed by atoms with van der Waals surface area (Å²) in [5.41, 5.74) is 5.33. The fourth-order valence-electron chi connectivity index (χ4n) is 5.34. The molecule has 2 aliphatic heterocycles. The fourth-order valence-corrected chi connectivity index (χ4v) is 5.34. The lowest BCUT2D eigenvalue weighted by atomic mass is 10.1. The van der Waals surface area contributed by atoms with Crippen LogP contribution in [-0.2, 0) is 11.3 Å². The lowest BCUT2D eigenvalue weighted by molar-refractivity contribution is -0.117. The summed E-state index contributed by atoms with van der Waals surface area (Å²) >= 11 is 0. The number of anilines is 1. The topological polar surface area (TPSA) is 65.8 Å². The van der Waals surface area contributed by atoms with Crippen LogP contribution in [0.25, 0.3) is 11.0 Å². The highest BCUT2D eigenvalue weighted by atomic mass is 16.7. The van der Waals surface area contributed by atoms with Gasteiger partial charge in [-0.15, -0.1) is 0 Å². The van der Waals surface area contributed by atoms with E-state index in [1.807, 2.05) is 41.3 Å². The Morgan fingerprint density at radius 2 is 1.86 bits per heavy atom. The van der Waals surface area contributed by atoms with Gasteiger partial charge < -0.3 is 23.7 Å². The SMILES string of the molecule is Cc1ccc(OCCCCn2c(C3CC(=O)N(c4ccc5c(c4)OCO5)C3)nc3ccccc32)c(C)c1. The maximum absolute atomic E-state index is 13.1. The van der Waals surface area contributed by atoms with Gasteiger partial charge in [0.15, 0.2) is 11.5 Å². The molecular formula is C30H31N3O4. The monoisotopic (exact) mass is 497 g/mol. The maximum atomic E-state index is 13.1. The number of hydrogen-bond donors (Lipinski definition) is 0. The molecule has 37 heavy (non-hydrogen) atoms. The van der Waals surface area contributed by atoms with Gasteiger partial charge in [0.2, 0.25) is 12.7 Å². The standard InChI is InChI=1S/C30H31N3O4/c1-20-9-11-26(21(2)15-20)35-14-6-5-13-32-25-8-4-3-7-24(25)31-30(32)22-16-29(34)33(18-22)23-10-12-27-28(17-23)37-19-36-27/h3-4,7-12,15,17,22H,5-6,13-14,16,18-19H2,1-2H3. The average molecular weight is 498 g/mol. The number of unbranched alkanes of at least 4 members (excludes halogenated alkanes) is 1. The van der Waals surface area contributed by atoms with Crippen LogP contribution in [0.4, 0.5) is 5.69 Å². The third kappa shape index (κ3) is 4.61. The molecule has 190 valence electrons. The molecule has 0 N–H and O–H groups in total. The third-order valence-corrected chi connectivity index (χ3v) is 7.21. The molecule has 6 rings (SSSR count). The van der Waals surface area contributed by atoms with Crippen LogP contribution in [-0.4, -0.2) is 35.4 Å². The Hall–Kier alpha value is -4.00. The van der Waals surface area contributed by atoms with Crippen molar-refractivity contribution in [2.24, 2.45) is 0 Å². The quantitative estimate of drug-likeness (QED) is 0.290. The highest BCUT2D eigenvalue weighted by Gasteiger charge is 2.35. The minimum absolute atomic E-state index is 0.0248. The van der Waals surface area contributed by atoms with E-state index in [0.29, 0.717) is 25.3 Å². The van der Waals surface area contributed by atoms with Crippen LogP contribution in [0.15, 0.2) is 60.7 Å². The molecule has 1 fully saturated rings. The first-order chi connectivity index (χ1) is 18.1. The number of nitrogens with zero attached hydrogens (tertiary/aromatic N) is 3. The zero-order valence-corrected chi connectivity index (χ0v) is 21.3. The molecule has 7 nitrogen and oxygen atoms in total. The Kier molecular flexibility index (Phi) is 6.20. The van der Waals surface area contributed by atoms with Gasteiger partial charge in [-0.2, -0.15) is 0 Å². The van der Waals surface area contributed by atoms with Gasteiger partial charge in [-0.3, -0.25) is 4.79 Å². The number of aryl methyl sites for hydroxylation is 3. The second-order valence-corrected chi connectivity index (χ2v) is 9.88. The van der Waals surface area contributed by atoms with E-state index in [9.17, 15) is 4.79 Å². The molecule has 2 aliphatic rings. The molecule has 1 aromatic heterocycles. The van der Waals surface area contributed by atoms with Gasteiger partial charge in [-0.25, -0.2) is 4.98 Å². The number of carbonyl (C=O) groups is 1. The van der Waals surface area contributed by atoms with E-state index in [0.717, 1.165) is 53.4 Å². The highest BCUT2D eigenvalue weighted by Crippen LogP contribution is 2.39. The largest absolute Gasteiger partial charge is 0.493 e. The molecule has 0 bridgehead atoms. The molecule has 1 atom stereocenters. The Bertz CT molecular complexity index is 1460. The number of benzene rings is 3. The number of aromatic nitrogens is 2. The minimum atomic E-state index is 0.0248.